The molecular formula is C13H22N2O2. The van der Waals surface area contributed by atoms with Gasteiger partial charge >= 0.3 is 0 Å². The maximum Gasteiger partial charge on any atom is 0.240 e. The van der Waals surface area contributed by atoms with Gasteiger partial charge in [0.05, 0.1) is 12.2 Å². The van der Waals surface area contributed by atoms with Crippen LogP contribution in [0, 0.1) is 22.7 Å². The van der Waals surface area contributed by atoms with E-state index in [4.69, 9.17) is 5.26 Å². The normalized spacial score (nSPS) is 27.9. The lowest BCUT2D eigenvalue weighted by molar-refractivity contribution is -0.127. The fraction of sp³-hybridized carbons (Fsp3) is 0.846. The summed E-state index contributed by atoms with van der Waals surface area (Å²) in [6, 6.07) is 2.07. The fourth-order valence-electron chi connectivity index (χ4n) is 2.07. The SMILES string of the molecule is CCC(C)(C#N)C(=O)NCC1CCC(O)CC1. The first-order valence-corrected chi connectivity index (χ1v) is 6.39. The molecule has 1 unspecified atom stereocenters. The van der Waals surface area contributed by atoms with E-state index < -0.39 is 5.41 Å². The molecule has 1 rings (SSSR count). The van der Waals surface area contributed by atoms with Crippen LogP contribution in [0.5, 0.6) is 0 Å². The summed E-state index contributed by atoms with van der Waals surface area (Å²) in [7, 11) is 0. The summed E-state index contributed by atoms with van der Waals surface area (Å²) in [5, 5.41) is 21.2. The van der Waals surface area contributed by atoms with Crippen LogP contribution in [0.2, 0.25) is 0 Å². The van der Waals surface area contributed by atoms with E-state index in [-0.39, 0.29) is 12.0 Å². The van der Waals surface area contributed by atoms with Crippen LogP contribution in [-0.2, 0) is 4.79 Å². The molecule has 0 spiro atoms. The smallest absolute Gasteiger partial charge is 0.240 e. The number of amides is 1. The largest absolute Gasteiger partial charge is 0.393 e. The number of nitrogens with zero attached hydrogens (tertiary/aromatic N) is 1. The molecule has 4 nitrogen and oxygen atoms in total. The van der Waals surface area contributed by atoms with Crippen molar-refractivity contribution < 1.29 is 9.90 Å². The number of rotatable bonds is 4. The van der Waals surface area contributed by atoms with Crippen molar-refractivity contribution >= 4 is 5.91 Å². The van der Waals surface area contributed by atoms with Crippen LogP contribution in [0.25, 0.3) is 0 Å². The van der Waals surface area contributed by atoms with E-state index in [1.54, 1.807) is 6.92 Å². The summed E-state index contributed by atoms with van der Waals surface area (Å²) in [4.78, 5) is 11.9. The molecule has 1 amide bonds. The molecule has 17 heavy (non-hydrogen) atoms. The van der Waals surface area contributed by atoms with Crippen molar-refractivity contribution in [3.8, 4) is 6.07 Å². The third-order valence-electron chi connectivity index (χ3n) is 3.82. The minimum atomic E-state index is -0.909. The maximum atomic E-state index is 11.9. The second-order valence-corrected chi connectivity index (χ2v) is 5.18. The zero-order chi connectivity index (χ0) is 12.9. The van der Waals surface area contributed by atoms with Gasteiger partial charge in [-0.1, -0.05) is 6.92 Å². The average Bonchev–Trinajstić information content (AvgIpc) is 2.36. The predicted octanol–water partition coefficient (Wildman–Crippen LogP) is 1.59. The van der Waals surface area contributed by atoms with Crippen molar-refractivity contribution in [3.63, 3.8) is 0 Å². The molecular weight excluding hydrogens is 216 g/mol. The van der Waals surface area contributed by atoms with Gasteiger partial charge in [-0.25, -0.2) is 0 Å². The van der Waals surface area contributed by atoms with Gasteiger partial charge in [-0.05, 0) is 44.9 Å². The van der Waals surface area contributed by atoms with Crippen LogP contribution in [0.15, 0.2) is 0 Å². The molecule has 96 valence electrons. The average molecular weight is 238 g/mol. The highest BCUT2D eigenvalue weighted by Crippen LogP contribution is 2.24. The highest BCUT2D eigenvalue weighted by molar-refractivity contribution is 5.84. The molecule has 1 atom stereocenters. The van der Waals surface area contributed by atoms with Gasteiger partial charge in [0.2, 0.25) is 5.91 Å². The van der Waals surface area contributed by atoms with Crippen molar-refractivity contribution in [2.45, 2.75) is 52.1 Å². The van der Waals surface area contributed by atoms with E-state index in [2.05, 4.69) is 11.4 Å². The van der Waals surface area contributed by atoms with Crippen LogP contribution >= 0.6 is 0 Å². The van der Waals surface area contributed by atoms with Gasteiger partial charge in [-0.3, -0.25) is 4.79 Å². The third kappa shape index (κ3) is 3.71. The Morgan fingerprint density at radius 2 is 2.06 bits per heavy atom. The Morgan fingerprint density at radius 3 is 2.53 bits per heavy atom. The molecule has 0 radical (unpaired) electrons. The summed E-state index contributed by atoms with van der Waals surface area (Å²) < 4.78 is 0. The van der Waals surface area contributed by atoms with Gasteiger partial charge in [0.15, 0.2) is 0 Å². The van der Waals surface area contributed by atoms with E-state index in [9.17, 15) is 9.90 Å². The van der Waals surface area contributed by atoms with E-state index >= 15 is 0 Å². The number of aliphatic hydroxyl groups excluding tert-OH is 1. The molecule has 0 saturated heterocycles. The zero-order valence-corrected chi connectivity index (χ0v) is 10.7. The molecule has 0 heterocycles. The molecule has 2 N–H and O–H groups in total. The van der Waals surface area contributed by atoms with Crippen LogP contribution in [0.4, 0.5) is 0 Å². The van der Waals surface area contributed by atoms with Crippen molar-refractivity contribution in [2.75, 3.05) is 6.54 Å². The molecule has 4 heteroatoms. The van der Waals surface area contributed by atoms with Crippen molar-refractivity contribution in [1.82, 2.24) is 5.32 Å². The number of nitriles is 1. The van der Waals surface area contributed by atoms with Gasteiger partial charge in [0, 0.05) is 6.54 Å². The van der Waals surface area contributed by atoms with Gasteiger partial charge < -0.3 is 10.4 Å². The monoisotopic (exact) mass is 238 g/mol. The molecule has 1 saturated carbocycles. The maximum absolute atomic E-state index is 11.9. The summed E-state index contributed by atoms with van der Waals surface area (Å²) in [6.07, 6.45) is 3.92. The molecule has 0 aromatic heterocycles. The fourth-order valence-corrected chi connectivity index (χ4v) is 2.07. The Labute approximate surface area is 103 Å². The lowest BCUT2D eigenvalue weighted by Crippen LogP contribution is -2.40. The molecule has 0 aromatic rings. The molecule has 1 fully saturated rings. The summed E-state index contributed by atoms with van der Waals surface area (Å²) >= 11 is 0. The first-order chi connectivity index (χ1) is 8.01. The Kier molecular flexibility index (Phi) is 4.95. The number of aliphatic hydroxyl groups is 1. The minimum Gasteiger partial charge on any atom is -0.393 e. The predicted molar refractivity (Wildman–Crippen MR) is 65.0 cm³/mol. The van der Waals surface area contributed by atoms with Gasteiger partial charge in [-0.15, -0.1) is 0 Å². The molecule has 0 aromatic carbocycles. The van der Waals surface area contributed by atoms with Crippen LogP contribution in [-0.4, -0.2) is 23.7 Å². The second-order valence-electron chi connectivity index (χ2n) is 5.18. The molecule has 0 bridgehead atoms. The van der Waals surface area contributed by atoms with Gasteiger partial charge in [-0.2, -0.15) is 5.26 Å². The first kappa shape index (κ1) is 14.0. The van der Waals surface area contributed by atoms with Gasteiger partial charge in [0.1, 0.15) is 5.41 Å². The summed E-state index contributed by atoms with van der Waals surface area (Å²) in [5.41, 5.74) is -0.909. The third-order valence-corrected chi connectivity index (χ3v) is 3.82. The topological polar surface area (TPSA) is 73.1 Å². The van der Waals surface area contributed by atoms with E-state index in [0.29, 0.717) is 18.9 Å². The van der Waals surface area contributed by atoms with Crippen molar-refractivity contribution in [2.24, 2.45) is 11.3 Å². The van der Waals surface area contributed by atoms with Crippen LogP contribution in [0.1, 0.15) is 46.0 Å². The molecule has 1 aliphatic carbocycles. The van der Waals surface area contributed by atoms with Crippen molar-refractivity contribution in [3.05, 3.63) is 0 Å². The minimum absolute atomic E-state index is 0.165. The highest BCUT2D eigenvalue weighted by atomic mass is 16.3. The van der Waals surface area contributed by atoms with Crippen LogP contribution < -0.4 is 5.32 Å². The number of hydrogen-bond acceptors (Lipinski definition) is 3. The number of carbonyl (C=O) groups excluding carboxylic acids is 1. The summed E-state index contributed by atoms with van der Waals surface area (Å²) in [5.74, 6) is 0.274. The quantitative estimate of drug-likeness (QED) is 0.781. The number of hydrogen-bond donors (Lipinski definition) is 2. The Bertz CT molecular complexity index is 303. The van der Waals surface area contributed by atoms with Crippen LogP contribution in [0.3, 0.4) is 0 Å². The molecule has 0 aliphatic heterocycles. The Morgan fingerprint density at radius 1 is 1.47 bits per heavy atom. The van der Waals surface area contributed by atoms with E-state index in [1.807, 2.05) is 6.92 Å². The standard InChI is InChI=1S/C13H22N2O2/c1-3-13(2,9-14)12(17)15-8-10-4-6-11(16)7-5-10/h10-11,16H,3-8H2,1-2H3,(H,15,17). The lowest BCUT2D eigenvalue weighted by atomic mass is 9.86. The highest BCUT2D eigenvalue weighted by Gasteiger charge is 2.31. The number of nitrogens with one attached hydrogen (secondary N) is 1. The number of carbonyl (C=O) groups is 1. The van der Waals surface area contributed by atoms with E-state index in [0.717, 1.165) is 25.7 Å². The van der Waals surface area contributed by atoms with E-state index in [1.165, 1.54) is 0 Å². The zero-order valence-electron chi connectivity index (χ0n) is 10.7. The van der Waals surface area contributed by atoms with Crippen molar-refractivity contribution in [1.29, 1.82) is 5.26 Å². The summed E-state index contributed by atoms with van der Waals surface area (Å²) in [6.45, 7) is 4.15. The molecule has 1 aliphatic rings. The Hall–Kier alpha value is -1.08. The second kappa shape index (κ2) is 6.02. The van der Waals surface area contributed by atoms with Gasteiger partial charge in [0.25, 0.3) is 0 Å². The Balaban J connectivity index is 2.36. The first-order valence-electron chi connectivity index (χ1n) is 6.39. The lowest BCUT2D eigenvalue weighted by Gasteiger charge is -2.27.